The maximum absolute atomic E-state index is 12.8. The van der Waals surface area contributed by atoms with Gasteiger partial charge in [0.05, 0.1) is 6.20 Å². The predicted octanol–water partition coefficient (Wildman–Crippen LogP) is 6.81. The van der Waals surface area contributed by atoms with Gasteiger partial charge in [-0.2, -0.15) is 10.2 Å². The Labute approximate surface area is 260 Å². The number of alkyl halides is 3. The second-order valence-electron chi connectivity index (χ2n) is 12.8. The fourth-order valence-corrected chi connectivity index (χ4v) is 7.01. The van der Waals surface area contributed by atoms with E-state index in [-0.39, 0.29) is 18.2 Å². The van der Waals surface area contributed by atoms with Gasteiger partial charge in [-0.1, -0.05) is 38.0 Å². The van der Waals surface area contributed by atoms with Crippen molar-refractivity contribution < 1.29 is 17.9 Å². The first-order chi connectivity index (χ1) is 21.1. The highest BCUT2D eigenvalue weighted by Gasteiger charge is 2.32. The van der Waals surface area contributed by atoms with Gasteiger partial charge in [-0.05, 0) is 102 Å². The molecule has 3 atom stereocenters. The third-order valence-electron chi connectivity index (χ3n) is 9.21. The van der Waals surface area contributed by atoms with Crippen molar-refractivity contribution in [1.29, 1.82) is 5.26 Å². The summed E-state index contributed by atoms with van der Waals surface area (Å²) in [4.78, 5) is 11.1. The Morgan fingerprint density at radius 1 is 0.955 bits per heavy atom. The largest absolute Gasteiger partial charge is 0.573 e. The zero-order valence-electron chi connectivity index (χ0n) is 26.3. The highest BCUT2D eigenvalue weighted by molar-refractivity contribution is 5.53. The Kier molecular flexibility index (Phi) is 12.5. The Morgan fingerprint density at radius 2 is 1.64 bits per heavy atom. The van der Waals surface area contributed by atoms with E-state index in [1.807, 2.05) is 0 Å². The second-order valence-corrected chi connectivity index (χ2v) is 12.8. The number of aromatic nitrogens is 2. The SMILES string of the molecule is CCCC1C[C@@H](CNC[C@H]2CC[C@H](N(C)C)CC2)C[C@H](CNc2nc(NCc3ccccc3OC(F)(F)F)ncc2C#N)C1. The summed E-state index contributed by atoms with van der Waals surface area (Å²) in [6, 6.07) is 8.82. The minimum Gasteiger partial charge on any atom is -0.405 e. The van der Waals surface area contributed by atoms with E-state index in [1.165, 1.54) is 63.3 Å². The molecule has 0 amide bonds. The zero-order chi connectivity index (χ0) is 31.5. The van der Waals surface area contributed by atoms with E-state index in [0.717, 1.165) is 37.9 Å². The molecule has 0 bridgehead atoms. The monoisotopic (exact) mass is 615 g/mol. The molecular weight excluding hydrogens is 567 g/mol. The Bertz CT molecular complexity index is 1210. The van der Waals surface area contributed by atoms with Crippen LogP contribution in [-0.2, 0) is 6.54 Å². The number of anilines is 2. The van der Waals surface area contributed by atoms with Crippen LogP contribution in [0.15, 0.2) is 30.5 Å². The molecule has 2 saturated carbocycles. The summed E-state index contributed by atoms with van der Waals surface area (Å²) < 4.78 is 42.6. The Morgan fingerprint density at radius 3 is 2.32 bits per heavy atom. The first-order valence-electron chi connectivity index (χ1n) is 16.1. The van der Waals surface area contributed by atoms with Gasteiger partial charge in [0.15, 0.2) is 0 Å². The summed E-state index contributed by atoms with van der Waals surface area (Å²) in [6.45, 7) is 5.15. The first kappa shape index (κ1) is 33.8. The lowest BCUT2D eigenvalue weighted by atomic mass is 9.73. The van der Waals surface area contributed by atoms with E-state index in [0.29, 0.717) is 41.2 Å². The van der Waals surface area contributed by atoms with Crippen LogP contribution >= 0.6 is 0 Å². The van der Waals surface area contributed by atoms with Crippen LogP contribution in [0.5, 0.6) is 5.75 Å². The smallest absolute Gasteiger partial charge is 0.405 e. The summed E-state index contributed by atoms with van der Waals surface area (Å²) in [5.74, 6) is 2.94. The molecule has 0 radical (unpaired) electrons. The quantitative estimate of drug-likeness (QED) is 0.213. The second kappa shape index (κ2) is 16.3. The number of benzene rings is 1. The molecule has 1 aromatic carbocycles. The standard InChI is InChI=1S/C33H48F3N7O/c1-4-7-24-14-25(19-38-18-23-10-12-29(13-11-23)43(2)3)16-26(15-24)20-39-31-28(17-37)22-41-32(42-31)40-21-27-8-5-6-9-30(27)44-33(34,35)36/h5-6,8-9,22-26,29,38H,4,7,10-16,18-21H2,1-3H3,(H2,39,40,41,42)/t23-,24?,25-,26-,29-/m1/s1. The Hall–Kier alpha value is -3.10. The van der Waals surface area contributed by atoms with Gasteiger partial charge in [0.1, 0.15) is 23.2 Å². The highest BCUT2D eigenvalue weighted by atomic mass is 19.4. The number of nitriles is 1. The molecule has 0 spiro atoms. The van der Waals surface area contributed by atoms with Crippen molar-refractivity contribution in [3.63, 3.8) is 0 Å². The molecule has 11 heteroatoms. The first-order valence-corrected chi connectivity index (χ1v) is 16.1. The molecule has 2 aromatic rings. The van der Waals surface area contributed by atoms with Crippen molar-refractivity contribution in [1.82, 2.24) is 20.2 Å². The lowest BCUT2D eigenvalue weighted by Crippen LogP contribution is -2.37. The molecular formula is C33H48F3N7O. The fourth-order valence-electron chi connectivity index (χ4n) is 7.01. The van der Waals surface area contributed by atoms with Crippen molar-refractivity contribution in [3.05, 3.63) is 41.6 Å². The minimum absolute atomic E-state index is 0.0324. The topological polar surface area (TPSA) is 98.1 Å². The molecule has 4 rings (SSSR count). The predicted molar refractivity (Wildman–Crippen MR) is 167 cm³/mol. The molecule has 1 heterocycles. The summed E-state index contributed by atoms with van der Waals surface area (Å²) in [7, 11) is 4.38. The van der Waals surface area contributed by atoms with E-state index in [9.17, 15) is 18.4 Å². The van der Waals surface area contributed by atoms with Gasteiger partial charge in [0.25, 0.3) is 0 Å². The van der Waals surface area contributed by atoms with Crippen LogP contribution in [0.1, 0.15) is 75.8 Å². The van der Waals surface area contributed by atoms with Crippen LogP contribution in [0.25, 0.3) is 0 Å². The van der Waals surface area contributed by atoms with Crippen LogP contribution < -0.4 is 20.7 Å². The normalized spacial score (nSPS) is 24.1. The van der Waals surface area contributed by atoms with E-state index >= 15 is 0 Å². The van der Waals surface area contributed by atoms with Crippen molar-refractivity contribution in [2.45, 2.75) is 83.7 Å². The maximum atomic E-state index is 12.8. The molecule has 2 fully saturated rings. The number of hydrogen-bond acceptors (Lipinski definition) is 8. The molecule has 44 heavy (non-hydrogen) atoms. The third-order valence-corrected chi connectivity index (χ3v) is 9.21. The number of hydrogen-bond donors (Lipinski definition) is 3. The summed E-state index contributed by atoms with van der Waals surface area (Å²) >= 11 is 0. The number of rotatable bonds is 14. The van der Waals surface area contributed by atoms with E-state index in [2.05, 4.69) is 62.6 Å². The molecule has 2 aliphatic rings. The number of halogens is 3. The van der Waals surface area contributed by atoms with Gasteiger partial charge < -0.3 is 25.6 Å². The minimum atomic E-state index is -4.78. The van der Waals surface area contributed by atoms with E-state index in [4.69, 9.17) is 0 Å². The van der Waals surface area contributed by atoms with Crippen LogP contribution in [0.3, 0.4) is 0 Å². The van der Waals surface area contributed by atoms with Crippen molar-refractivity contribution in [3.8, 4) is 11.8 Å². The average molecular weight is 616 g/mol. The third kappa shape index (κ3) is 10.5. The molecule has 8 nitrogen and oxygen atoms in total. The van der Waals surface area contributed by atoms with Gasteiger partial charge in [0.2, 0.25) is 5.95 Å². The van der Waals surface area contributed by atoms with Gasteiger partial charge in [-0.3, -0.25) is 0 Å². The average Bonchev–Trinajstić information content (AvgIpc) is 2.99. The number of ether oxygens (including phenoxy) is 1. The summed E-state index contributed by atoms with van der Waals surface area (Å²) in [6.07, 6.45) is 7.79. The van der Waals surface area contributed by atoms with E-state index < -0.39 is 6.36 Å². The van der Waals surface area contributed by atoms with Crippen LogP contribution in [0.2, 0.25) is 0 Å². The van der Waals surface area contributed by atoms with Crippen molar-refractivity contribution in [2.24, 2.45) is 23.7 Å². The molecule has 0 aliphatic heterocycles. The Balaban J connectivity index is 1.31. The molecule has 242 valence electrons. The van der Waals surface area contributed by atoms with Gasteiger partial charge in [0, 0.05) is 24.7 Å². The highest BCUT2D eigenvalue weighted by Crippen LogP contribution is 2.36. The van der Waals surface area contributed by atoms with Crippen LogP contribution in [0.4, 0.5) is 24.9 Å². The van der Waals surface area contributed by atoms with Crippen molar-refractivity contribution in [2.75, 3.05) is 44.4 Å². The maximum Gasteiger partial charge on any atom is 0.573 e. The van der Waals surface area contributed by atoms with Crippen LogP contribution in [0, 0.1) is 35.0 Å². The van der Waals surface area contributed by atoms with Gasteiger partial charge >= 0.3 is 6.36 Å². The van der Waals surface area contributed by atoms with Crippen molar-refractivity contribution >= 4 is 11.8 Å². The number of para-hydroxylation sites is 1. The number of nitrogens with one attached hydrogen (secondary N) is 3. The lowest BCUT2D eigenvalue weighted by molar-refractivity contribution is -0.274. The summed E-state index contributed by atoms with van der Waals surface area (Å²) in [5.41, 5.74) is 0.650. The number of nitrogens with zero attached hydrogens (tertiary/aromatic N) is 4. The van der Waals surface area contributed by atoms with Crippen LogP contribution in [-0.4, -0.2) is 61.0 Å². The lowest BCUT2D eigenvalue weighted by Gasteiger charge is -2.36. The molecule has 3 N–H and O–H groups in total. The summed E-state index contributed by atoms with van der Waals surface area (Å²) in [5, 5.41) is 19.9. The molecule has 0 saturated heterocycles. The molecule has 2 aliphatic carbocycles. The molecule has 1 aromatic heterocycles. The zero-order valence-corrected chi connectivity index (χ0v) is 26.3. The van der Waals surface area contributed by atoms with Gasteiger partial charge in [-0.15, -0.1) is 13.2 Å². The van der Waals surface area contributed by atoms with Gasteiger partial charge in [-0.25, -0.2) is 4.98 Å². The molecule has 1 unspecified atom stereocenters. The van der Waals surface area contributed by atoms with E-state index in [1.54, 1.807) is 12.1 Å². The fraction of sp³-hybridized carbons (Fsp3) is 0.667.